The van der Waals surface area contributed by atoms with Gasteiger partial charge in [-0.25, -0.2) is 0 Å². The van der Waals surface area contributed by atoms with Crippen molar-refractivity contribution in [2.75, 3.05) is 13.2 Å². The van der Waals surface area contributed by atoms with Gasteiger partial charge in [0.15, 0.2) is 0 Å². The summed E-state index contributed by atoms with van der Waals surface area (Å²) in [5, 5.41) is 13.1. The zero-order valence-electron chi connectivity index (χ0n) is 8.63. The molecule has 1 rings (SSSR count). The lowest BCUT2D eigenvalue weighted by Gasteiger charge is -2.14. The van der Waals surface area contributed by atoms with Gasteiger partial charge in [0, 0.05) is 12.6 Å². The van der Waals surface area contributed by atoms with Crippen molar-refractivity contribution in [1.29, 1.82) is 0 Å². The van der Waals surface area contributed by atoms with Crippen molar-refractivity contribution < 1.29 is 5.11 Å². The van der Waals surface area contributed by atoms with Gasteiger partial charge in [-0.3, -0.25) is 0 Å². The topological polar surface area (TPSA) is 32.3 Å². The molecule has 1 unspecified atom stereocenters. The van der Waals surface area contributed by atoms with Crippen LogP contribution in [-0.2, 0) is 0 Å². The number of halogens is 2. The van der Waals surface area contributed by atoms with Crippen molar-refractivity contribution in [3.05, 3.63) is 33.8 Å². The first-order valence-corrected chi connectivity index (χ1v) is 5.70. The Kier molecular flexibility index (Phi) is 5.40. The minimum Gasteiger partial charge on any atom is -0.396 e. The van der Waals surface area contributed by atoms with Crippen LogP contribution >= 0.6 is 23.2 Å². The normalized spacial score (nSPS) is 12.8. The van der Waals surface area contributed by atoms with Gasteiger partial charge in [-0.2, -0.15) is 0 Å². The minimum atomic E-state index is 0.209. The van der Waals surface area contributed by atoms with Gasteiger partial charge in [0.05, 0.1) is 10.0 Å². The summed E-state index contributed by atoms with van der Waals surface area (Å²) in [5.74, 6) is 0. The van der Waals surface area contributed by atoms with E-state index in [1.54, 1.807) is 6.07 Å². The Balaban J connectivity index is 2.57. The fraction of sp³-hybridized carbons (Fsp3) is 0.455. The average Bonchev–Trinajstić information content (AvgIpc) is 2.22. The van der Waals surface area contributed by atoms with E-state index >= 15 is 0 Å². The predicted octanol–water partition coefficient (Wildman–Crippen LogP) is 3.03. The number of nitrogens with one attached hydrogen (secondary N) is 1. The molecule has 0 fully saturated rings. The molecule has 4 heteroatoms. The zero-order chi connectivity index (χ0) is 11.3. The number of aliphatic hydroxyl groups is 1. The third kappa shape index (κ3) is 3.99. The predicted molar refractivity (Wildman–Crippen MR) is 64.6 cm³/mol. The summed E-state index contributed by atoms with van der Waals surface area (Å²) in [6.07, 6.45) is 0.756. The largest absolute Gasteiger partial charge is 0.396 e. The molecule has 15 heavy (non-hydrogen) atoms. The van der Waals surface area contributed by atoms with Crippen LogP contribution < -0.4 is 5.32 Å². The standard InChI is InChI=1S/C11H15Cl2NO/c1-8(14-5-2-6-15)9-3-4-10(12)11(13)7-9/h3-4,7-8,14-15H,2,5-6H2,1H3. The molecule has 0 aliphatic carbocycles. The third-order valence-electron chi connectivity index (χ3n) is 2.23. The second kappa shape index (κ2) is 6.33. The van der Waals surface area contributed by atoms with E-state index in [2.05, 4.69) is 12.2 Å². The Morgan fingerprint density at radius 2 is 2.07 bits per heavy atom. The van der Waals surface area contributed by atoms with Crippen LogP contribution in [0.3, 0.4) is 0 Å². The summed E-state index contributed by atoms with van der Waals surface area (Å²) >= 11 is 11.7. The molecule has 0 aliphatic rings. The quantitative estimate of drug-likeness (QED) is 0.785. The third-order valence-corrected chi connectivity index (χ3v) is 2.97. The van der Waals surface area contributed by atoms with Gasteiger partial charge < -0.3 is 10.4 Å². The molecule has 0 saturated carbocycles. The molecular weight excluding hydrogens is 233 g/mol. The molecule has 0 heterocycles. The van der Waals surface area contributed by atoms with Crippen molar-refractivity contribution >= 4 is 23.2 Å². The van der Waals surface area contributed by atoms with E-state index in [9.17, 15) is 0 Å². The molecule has 0 amide bonds. The molecule has 0 aromatic heterocycles. The summed E-state index contributed by atoms with van der Waals surface area (Å²) in [5.41, 5.74) is 1.10. The van der Waals surface area contributed by atoms with Crippen molar-refractivity contribution in [2.24, 2.45) is 0 Å². The highest BCUT2D eigenvalue weighted by Gasteiger charge is 2.06. The molecule has 1 atom stereocenters. The summed E-state index contributed by atoms with van der Waals surface area (Å²) in [7, 11) is 0. The zero-order valence-corrected chi connectivity index (χ0v) is 10.1. The monoisotopic (exact) mass is 247 g/mol. The molecular formula is C11H15Cl2NO. The minimum absolute atomic E-state index is 0.209. The molecule has 2 nitrogen and oxygen atoms in total. The summed E-state index contributed by atoms with van der Waals surface area (Å²) in [4.78, 5) is 0. The number of benzene rings is 1. The molecule has 2 N–H and O–H groups in total. The molecule has 0 spiro atoms. The van der Waals surface area contributed by atoms with Crippen LogP contribution in [0.4, 0.5) is 0 Å². The van der Waals surface area contributed by atoms with E-state index in [0.717, 1.165) is 18.5 Å². The molecule has 0 saturated heterocycles. The number of aliphatic hydroxyl groups excluding tert-OH is 1. The fourth-order valence-corrected chi connectivity index (χ4v) is 1.60. The van der Waals surface area contributed by atoms with E-state index in [-0.39, 0.29) is 12.6 Å². The summed E-state index contributed by atoms with van der Waals surface area (Å²) in [6, 6.07) is 5.82. The van der Waals surface area contributed by atoms with E-state index in [1.807, 2.05) is 12.1 Å². The molecule has 84 valence electrons. The number of rotatable bonds is 5. The van der Waals surface area contributed by atoms with Crippen LogP contribution in [0, 0.1) is 0 Å². The maximum atomic E-state index is 8.65. The van der Waals surface area contributed by atoms with Crippen LogP contribution in [0.1, 0.15) is 24.9 Å². The van der Waals surface area contributed by atoms with E-state index in [1.165, 1.54) is 0 Å². The van der Waals surface area contributed by atoms with E-state index < -0.39 is 0 Å². The van der Waals surface area contributed by atoms with Crippen LogP contribution in [-0.4, -0.2) is 18.3 Å². The molecule has 0 radical (unpaired) electrons. The van der Waals surface area contributed by atoms with Crippen LogP contribution in [0.5, 0.6) is 0 Å². The SMILES string of the molecule is CC(NCCCO)c1ccc(Cl)c(Cl)c1. The van der Waals surface area contributed by atoms with Crippen molar-refractivity contribution in [1.82, 2.24) is 5.32 Å². The Morgan fingerprint density at radius 3 is 2.67 bits per heavy atom. The average molecular weight is 248 g/mol. The highest BCUT2D eigenvalue weighted by atomic mass is 35.5. The highest BCUT2D eigenvalue weighted by Crippen LogP contribution is 2.25. The first-order valence-electron chi connectivity index (χ1n) is 4.94. The molecule has 0 bridgehead atoms. The van der Waals surface area contributed by atoms with Gasteiger partial charge in [-0.1, -0.05) is 29.3 Å². The lowest BCUT2D eigenvalue weighted by molar-refractivity contribution is 0.284. The van der Waals surface area contributed by atoms with Crippen molar-refractivity contribution in [3.8, 4) is 0 Å². The summed E-state index contributed by atoms with van der Waals surface area (Å²) < 4.78 is 0. The lowest BCUT2D eigenvalue weighted by atomic mass is 10.1. The van der Waals surface area contributed by atoms with Gasteiger partial charge in [0.25, 0.3) is 0 Å². The fourth-order valence-electron chi connectivity index (χ4n) is 1.30. The van der Waals surface area contributed by atoms with Gasteiger partial charge >= 0.3 is 0 Å². The van der Waals surface area contributed by atoms with Crippen LogP contribution in [0.25, 0.3) is 0 Å². The number of hydrogen-bond acceptors (Lipinski definition) is 2. The highest BCUT2D eigenvalue weighted by molar-refractivity contribution is 6.42. The van der Waals surface area contributed by atoms with Gasteiger partial charge in [0.2, 0.25) is 0 Å². The molecule has 0 aliphatic heterocycles. The van der Waals surface area contributed by atoms with Crippen LogP contribution in [0.2, 0.25) is 10.0 Å². The van der Waals surface area contributed by atoms with E-state index in [4.69, 9.17) is 28.3 Å². The molecule has 1 aromatic carbocycles. The van der Waals surface area contributed by atoms with Gasteiger partial charge in [0.1, 0.15) is 0 Å². The van der Waals surface area contributed by atoms with Crippen molar-refractivity contribution in [3.63, 3.8) is 0 Å². The lowest BCUT2D eigenvalue weighted by Crippen LogP contribution is -2.20. The number of hydrogen-bond donors (Lipinski definition) is 2. The second-order valence-electron chi connectivity index (χ2n) is 3.43. The summed E-state index contributed by atoms with van der Waals surface area (Å²) in [6.45, 7) is 3.05. The van der Waals surface area contributed by atoms with Crippen molar-refractivity contribution in [2.45, 2.75) is 19.4 Å². The van der Waals surface area contributed by atoms with Gasteiger partial charge in [-0.05, 0) is 37.6 Å². The maximum Gasteiger partial charge on any atom is 0.0595 e. The first kappa shape index (κ1) is 12.8. The Labute approximate surface area is 100 Å². The Bertz CT molecular complexity index is 317. The Hall–Kier alpha value is -0.280. The second-order valence-corrected chi connectivity index (χ2v) is 4.24. The smallest absolute Gasteiger partial charge is 0.0595 e. The van der Waals surface area contributed by atoms with Gasteiger partial charge in [-0.15, -0.1) is 0 Å². The van der Waals surface area contributed by atoms with E-state index in [0.29, 0.717) is 10.0 Å². The Morgan fingerprint density at radius 1 is 1.33 bits per heavy atom. The first-order chi connectivity index (χ1) is 7.15. The molecule has 1 aromatic rings. The maximum absolute atomic E-state index is 8.65. The van der Waals surface area contributed by atoms with Crippen LogP contribution in [0.15, 0.2) is 18.2 Å².